The van der Waals surface area contributed by atoms with Crippen LogP contribution in [0.2, 0.25) is 0 Å². The van der Waals surface area contributed by atoms with Gasteiger partial charge >= 0.3 is 5.97 Å². The highest BCUT2D eigenvalue weighted by atomic mass is 32.1. The van der Waals surface area contributed by atoms with Crippen molar-refractivity contribution in [3.8, 4) is 5.75 Å². The van der Waals surface area contributed by atoms with Crippen molar-refractivity contribution in [2.24, 2.45) is 0 Å². The van der Waals surface area contributed by atoms with E-state index in [9.17, 15) is 4.79 Å². The van der Waals surface area contributed by atoms with Crippen molar-refractivity contribution in [1.29, 1.82) is 0 Å². The molecule has 0 radical (unpaired) electrons. The lowest BCUT2D eigenvalue weighted by Gasteiger charge is -2.03. The van der Waals surface area contributed by atoms with E-state index in [0.717, 1.165) is 0 Å². The molecule has 1 aromatic carbocycles. The van der Waals surface area contributed by atoms with E-state index in [1.54, 1.807) is 18.2 Å². The van der Waals surface area contributed by atoms with E-state index in [1.807, 2.05) is 0 Å². The minimum atomic E-state index is -0.407. The Kier molecular flexibility index (Phi) is 2.25. The first-order valence-corrected chi connectivity index (χ1v) is 4.56. The third-order valence-electron chi connectivity index (χ3n) is 1.94. The molecule has 1 aliphatic rings. The van der Waals surface area contributed by atoms with Gasteiger partial charge in [-0.15, -0.1) is 12.6 Å². The number of hydrogen-bond acceptors (Lipinski definition) is 5. The summed E-state index contributed by atoms with van der Waals surface area (Å²) < 4.78 is 9.92. The Morgan fingerprint density at radius 2 is 2.43 bits per heavy atom. The van der Waals surface area contributed by atoms with Crippen LogP contribution < -0.4 is 10.1 Å². The van der Waals surface area contributed by atoms with Crippen LogP contribution in [0.25, 0.3) is 0 Å². The van der Waals surface area contributed by atoms with E-state index in [4.69, 9.17) is 4.74 Å². The van der Waals surface area contributed by atoms with E-state index in [0.29, 0.717) is 17.0 Å². The number of nitrogens with one attached hydrogen (secondary N) is 1. The van der Waals surface area contributed by atoms with Gasteiger partial charge in [0.15, 0.2) is 0 Å². The first-order chi connectivity index (χ1) is 6.72. The van der Waals surface area contributed by atoms with Crippen molar-refractivity contribution in [1.82, 2.24) is 0 Å². The number of benzene rings is 1. The Morgan fingerprint density at radius 3 is 3.14 bits per heavy atom. The van der Waals surface area contributed by atoms with E-state index in [1.165, 1.54) is 7.11 Å². The van der Waals surface area contributed by atoms with Gasteiger partial charge in [-0.1, -0.05) is 6.07 Å². The molecule has 2 rings (SSSR count). The summed E-state index contributed by atoms with van der Waals surface area (Å²) in [4.78, 5) is 11.3. The van der Waals surface area contributed by atoms with Crippen LogP contribution in [0.5, 0.6) is 5.75 Å². The maximum absolute atomic E-state index is 11.3. The number of methoxy groups -OCH3 is 1. The van der Waals surface area contributed by atoms with Gasteiger partial charge in [-0.3, -0.25) is 0 Å². The molecule has 0 bridgehead atoms. The van der Waals surface area contributed by atoms with Crippen LogP contribution in [0.3, 0.4) is 0 Å². The molecule has 0 spiro atoms. The second-order valence-corrected chi connectivity index (χ2v) is 3.25. The van der Waals surface area contributed by atoms with Crippen LogP contribution in [-0.4, -0.2) is 18.6 Å². The molecule has 1 N–H and O–H groups in total. The average molecular weight is 211 g/mol. The van der Waals surface area contributed by atoms with Gasteiger partial charge < -0.3 is 14.8 Å². The number of esters is 1. The second kappa shape index (κ2) is 3.42. The highest BCUT2D eigenvalue weighted by Gasteiger charge is 2.24. The molecular formula is C9H9NO3S. The summed E-state index contributed by atoms with van der Waals surface area (Å²) in [5.74, 6) is 0.230. The van der Waals surface area contributed by atoms with E-state index in [-0.39, 0.29) is 5.97 Å². The van der Waals surface area contributed by atoms with Crippen LogP contribution in [-0.2, 0) is 4.74 Å². The Bertz CT molecular complexity index is 380. The van der Waals surface area contributed by atoms with Crippen molar-refractivity contribution < 1.29 is 14.3 Å². The quantitative estimate of drug-likeness (QED) is 0.546. The number of hydrogen-bond donors (Lipinski definition) is 2. The Labute approximate surface area is 86.6 Å². The number of thiol groups is 1. The minimum Gasteiger partial charge on any atom is -0.465 e. The minimum absolute atomic E-state index is 0.389. The van der Waals surface area contributed by atoms with Crippen LogP contribution in [0, 0.1) is 0 Å². The predicted molar refractivity (Wildman–Crippen MR) is 54.8 cm³/mol. The molecule has 1 unspecified atom stereocenters. The number of fused-ring (bicyclic) bond motifs is 1. The molecule has 0 saturated carbocycles. The van der Waals surface area contributed by atoms with Crippen LogP contribution in [0.15, 0.2) is 18.2 Å². The Hall–Kier alpha value is -1.36. The topological polar surface area (TPSA) is 47.6 Å². The van der Waals surface area contributed by atoms with E-state index in [2.05, 4.69) is 22.7 Å². The van der Waals surface area contributed by atoms with E-state index >= 15 is 0 Å². The summed E-state index contributed by atoms with van der Waals surface area (Å²) >= 11 is 4.10. The molecule has 1 heterocycles. The van der Waals surface area contributed by atoms with Crippen molar-refractivity contribution in [2.45, 2.75) is 5.56 Å². The summed E-state index contributed by atoms with van der Waals surface area (Å²) in [6.45, 7) is 0. The first kappa shape index (κ1) is 9.21. The third kappa shape index (κ3) is 1.39. The largest absolute Gasteiger partial charge is 0.465 e. The van der Waals surface area contributed by atoms with E-state index < -0.39 is 5.56 Å². The normalized spacial score (nSPS) is 18.0. The van der Waals surface area contributed by atoms with Gasteiger partial charge in [0.1, 0.15) is 5.75 Å². The molecule has 5 heteroatoms. The highest BCUT2D eigenvalue weighted by Crippen LogP contribution is 2.35. The van der Waals surface area contributed by atoms with Crippen LogP contribution in [0.1, 0.15) is 10.4 Å². The lowest BCUT2D eigenvalue weighted by molar-refractivity contribution is 0.0602. The lowest BCUT2D eigenvalue weighted by atomic mass is 10.1. The van der Waals surface area contributed by atoms with Crippen LogP contribution in [0.4, 0.5) is 5.69 Å². The van der Waals surface area contributed by atoms with Gasteiger partial charge in [-0.05, 0) is 12.1 Å². The summed E-state index contributed by atoms with van der Waals surface area (Å²) in [6, 6.07) is 5.18. The van der Waals surface area contributed by atoms with Gasteiger partial charge in [-0.2, -0.15) is 0 Å². The van der Waals surface area contributed by atoms with Crippen molar-refractivity contribution >= 4 is 24.3 Å². The zero-order valence-corrected chi connectivity index (χ0v) is 8.38. The lowest BCUT2D eigenvalue weighted by Crippen LogP contribution is -2.12. The molecule has 1 aliphatic heterocycles. The summed E-state index contributed by atoms with van der Waals surface area (Å²) in [6.07, 6.45) is 0. The van der Waals surface area contributed by atoms with Crippen molar-refractivity contribution in [3.05, 3.63) is 23.8 Å². The fraction of sp³-hybridized carbons (Fsp3) is 0.222. The maximum atomic E-state index is 11.3. The number of para-hydroxylation sites is 1. The monoisotopic (exact) mass is 211 g/mol. The molecule has 4 nitrogen and oxygen atoms in total. The van der Waals surface area contributed by atoms with Gasteiger partial charge in [-0.25, -0.2) is 4.79 Å². The van der Waals surface area contributed by atoms with Crippen molar-refractivity contribution in [3.63, 3.8) is 0 Å². The fourth-order valence-electron chi connectivity index (χ4n) is 1.33. The summed E-state index contributed by atoms with van der Waals surface area (Å²) in [7, 11) is 1.34. The number of carbonyl (C=O) groups excluding carboxylic acids is 1. The third-order valence-corrected chi connectivity index (χ3v) is 2.17. The zero-order chi connectivity index (χ0) is 10.1. The standard InChI is InChI=1S/C9H9NO3S/c1-12-8(11)5-3-2-4-6-7(5)10-9(14)13-6/h2-4,9-10,14H,1H3. The highest BCUT2D eigenvalue weighted by molar-refractivity contribution is 7.80. The fourth-order valence-corrected chi connectivity index (χ4v) is 1.57. The van der Waals surface area contributed by atoms with Gasteiger partial charge in [0, 0.05) is 0 Å². The average Bonchev–Trinajstić information content (AvgIpc) is 2.56. The molecule has 0 aromatic heterocycles. The van der Waals surface area contributed by atoms with Gasteiger partial charge in [0.25, 0.3) is 0 Å². The predicted octanol–water partition coefficient (Wildman–Crippen LogP) is 1.49. The van der Waals surface area contributed by atoms with Crippen molar-refractivity contribution in [2.75, 3.05) is 12.4 Å². The second-order valence-electron chi connectivity index (χ2n) is 2.78. The van der Waals surface area contributed by atoms with Gasteiger partial charge in [0.05, 0.1) is 18.4 Å². The molecule has 0 saturated heterocycles. The first-order valence-electron chi connectivity index (χ1n) is 4.05. The number of ether oxygens (including phenoxy) is 2. The molecule has 1 atom stereocenters. The van der Waals surface area contributed by atoms with Gasteiger partial charge in [0.2, 0.25) is 5.56 Å². The molecule has 14 heavy (non-hydrogen) atoms. The van der Waals surface area contributed by atoms with Crippen LogP contribution >= 0.6 is 12.6 Å². The number of carbonyl (C=O) groups is 1. The molecule has 74 valence electrons. The SMILES string of the molecule is COC(=O)c1cccc2c1NC(S)O2. The maximum Gasteiger partial charge on any atom is 0.340 e. The molecule has 0 amide bonds. The molecule has 0 aliphatic carbocycles. The molecule has 1 aromatic rings. The summed E-state index contributed by atoms with van der Waals surface area (Å²) in [5, 5.41) is 2.92. The number of anilines is 1. The zero-order valence-electron chi connectivity index (χ0n) is 7.48. The molecule has 0 fully saturated rings. The number of rotatable bonds is 1. The summed E-state index contributed by atoms with van der Waals surface area (Å²) in [5.41, 5.74) is 0.691. The smallest absolute Gasteiger partial charge is 0.340 e. The Balaban J connectivity index is 2.44. The molecular weight excluding hydrogens is 202 g/mol. The Morgan fingerprint density at radius 1 is 1.64 bits per heavy atom.